The van der Waals surface area contributed by atoms with Gasteiger partial charge in [0.25, 0.3) is 0 Å². The SMILES string of the molecule is C=C1C[C@@]2(C)C[C@@]1(O)C[C@H](C)/C(O[Si](C)(C)C(C)(C)C)=C(\CC)[C@@H]2CO. The average molecular weight is 381 g/mol. The predicted molar refractivity (Wildman–Crippen MR) is 111 cm³/mol. The molecule has 150 valence electrons. The zero-order valence-electron chi connectivity index (χ0n) is 18.2. The molecule has 0 spiro atoms. The van der Waals surface area contributed by atoms with Crippen molar-refractivity contribution in [2.24, 2.45) is 17.3 Å². The minimum absolute atomic E-state index is 0.0146. The molecule has 0 aliphatic heterocycles. The van der Waals surface area contributed by atoms with Crippen molar-refractivity contribution < 1.29 is 14.6 Å². The van der Waals surface area contributed by atoms with Gasteiger partial charge in [-0.1, -0.05) is 48.1 Å². The van der Waals surface area contributed by atoms with E-state index in [2.05, 4.69) is 61.2 Å². The molecule has 2 aliphatic carbocycles. The van der Waals surface area contributed by atoms with Crippen LogP contribution in [0.3, 0.4) is 0 Å². The first kappa shape index (κ1) is 21.7. The summed E-state index contributed by atoms with van der Waals surface area (Å²) in [5, 5.41) is 21.8. The van der Waals surface area contributed by atoms with Crippen molar-refractivity contribution in [3.05, 3.63) is 23.5 Å². The Morgan fingerprint density at radius 1 is 1.31 bits per heavy atom. The molecular formula is C22H40O3Si. The van der Waals surface area contributed by atoms with Gasteiger partial charge in [0.2, 0.25) is 8.32 Å². The Kier molecular flexibility index (Phi) is 5.67. The van der Waals surface area contributed by atoms with E-state index in [0.717, 1.165) is 24.2 Å². The second kappa shape index (κ2) is 6.79. The average Bonchev–Trinajstić information content (AvgIpc) is 2.70. The van der Waals surface area contributed by atoms with Crippen LogP contribution in [-0.2, 0) is 4.43 Å². The lowest BCUT2D eigenvalue weighted by Crippen LogP contribution is -2.44. The number of allylic oxidation sites excluding steroid dienone is 1. The monoisotopic (exact) mass is 380 g/mol. The Bertz CT molecular complexity index is 601. The van der Waals surface area contributed by atoms with Crippen molar-refractivity contribution in [2.45, 2.75) is 91.0 Å². The van der Waals surface area contributed by atoms with E-state index in [1.165, 1.54) is 5.57 Å². The van der Waals surface area contributed by atoms with E-state index in [-0.39, 0.29) is 28.9 Å². The molecule has 1 fully saturated rings. The van der Waals surface area contributed by atoms with Gasteiger partial charge < -0.3 is 14.6 Å². The number of hydrogen-bond acceptors (Lipinski definition) is 3. The molecule has 4 atom stereocenters. The lowest BCUT2D eigenvalue weighted by atomic mass is 9.67. The third-order valence-electron chi connectivity index (χ3n) is 7.38. The van der Waals surface area contributed by atoms with E-state index in [9.17, 15) is 10.2 Å². The summed E-state index contributed by atoms with van der Waals surface area (Å²) in [6, 6.07) is 0. The van der Waals surface area contributed by atoms with Crippen LogP contribution in [-0.4, -0.2) is 30.7 Å². The molecule has 0 aromatic carbocycles. The van der Waals surface area contributed by atoms with Crippen molar-refractivity contribution in [3.63, 3.8) is 0 Å². The fourth-order valence-corrected chi connectivity index (χ4v) is 6.01. The maximum absolute atomic E-state index is 11.3. The number of rotatable bonds is 4. The summed E-state index contributed by atoms with van der Waals surface area (Å²) in [6.07, 6.45) is 3.00. The number of hydrogen-bond donors (Lipinski definition) is 2. The van der Waals surface area contributed by atoms with Crippen LogP contribution in [0.5, 0.6) is 0 Å². The molecule has 4 heteroatoms. The quantitative estimate of drug-likeness (QED) is 0.506. The molecular weight excluding hydrogens is 340 g/mol. The fraction of sp³-hybridized carbons (Fsp3) is 0.818. The molecule has 2 aliphatic rings. The van der Waals surface area contributed by atoms with Crippen LogP contribution in [0.1, 0.15) is 67.2 Å². The molecule has 2 N–H and O–H groups in total. The van der Waals surface area contributed by atoms with E-state index in [1.54, 1.807) is 0 Å². The second-order valence-corrected chi connectivity index (χ2v) is 15.3. The standard InChI is InChI=1S/C22H40O3Si/c1-10-17-18(13-23)21(7)12-16(3)22(24,14-21)11-15(2)19(17)25-26(8,9)20(4,5)6/h15,18,23-24H,3,10-14H2,1-2,4-9H3/b19-17-/t15-,18-,21-,22-/m0/s1. The molecule has 0 aromatic heterocycles. The molecule has 2 rings (SSSR count). The van der Waals surface area contributed by atoms with E-state index in [0.29, 0.717) is 12.8 Å². The zero-order chi connectivity index (χ0) is 20.1. The highest BCUT2D eigenvalue weighted by molar-refractivity contribution is 6.74. The Morgan fingerprint density at radius 3 is 2.35 bits per heavy atom. The highest BCUT2D eigenvalue weighted by Crippen LogP contribution is 2.58. The zero-order valence-corrected chi connectivity index (χ0v) is 19.2. The number of aliphatic hydroxyl groups is 2. The van der Waals surface area contributed by atoms with E-state index in [4.69, 9.17) is 4.43 Å². The molecule has 0 amide bonds. The molecule has 26 heavy (non-hydrogen) atoms. The maximum Gasteiger partial charge on any atom is 0.250 e. The molecule has 2 bridgehead atoms. The van der Waals surface area contributed by atoms with Crippen LogP contribution in [0, 0.1) is 17.3 Å². The first-order chi connectivity index (χ1) is 11.7. The first-order valence-corrected chi connectivity index (χ1v) is 13.0. The lowest BCUT2D eigenvalue weighted by Gasteiger charge is -2.44. The smallest absolute Gasteiger partial charge is 0.250 e. The summed E-state index contributed by atoms with van der Waals surface area (Å²) >= 11 is 0. The largest absolute Gasteiger partial charge is 0.546 e. The molecule has 1 saturated carbocycles. The Morgan fingerprint density at radius 2 is 1.88 bits per heavy atom. The molecule has 0 unspecified atom stereocenters. The van der Waals surface area contributed by atoms with Crippen molar-refractivity contribution >= 4 is 8.32 Å². The predicted octanol–water partition coefficient (Wildman–Crippen LogP) is 5.41. The van der Waals surface area contributed by atoms with Crippen LogP contribution in [0.25, 0.3) is 0 Å². The summed E-state index contributed by atoms with van der Waals surface area (Å²) < 4.78 is 6.84. The molecule has 0 radical (unpaired) electrons. The van der Waals surface area contributed by atoms with Gasteiger partial charge in [0, 0.05) is 11.8 Å². The van der Waals surface area contributed by atoms with Crippen molar-refractivity contribution in [1.29, 1.82) is 0 Å². The molecule has 0 heterocycles. The Hall–Kier alpha value is -0.583. The van der Waals surface area contributed by atoms with Gasteiger partial charge in [-0.05, 0) is 60.4 Å². The Labute approximate surface area is 161 Å². The molecule has 0 aromatic rings. The van der Waals surface area contributed by atoms with Crippen LogP contribution in [0.4, 0.5) is 0 Å². The molecule has 3 nitrogen and oxygen atoms in total. The van der Waals surface area contributed by atoms with Gasteiger partial charge in [0.1, 0.15) is 0 Å². The van der Waals surface area contributed by atoms with Gasteiger partial charge in [-0.2, -0.15) is 0 Å². The summed E-state index contributed by atoms with van der Waals surface area (Å²) in [4.78, 5) is 0. The van der Waals surface area contributed by atoms with Gasteiger partial charge in [0.15, 0.2) is 0 Å². The fourth-order valence-electron chi connectivity index (χ4n) is 4.82. The van der Waals surface area contributed by atoms with Crippen molar-refractivity contribution in [3.8, 4) is 0 Å². The van der Waals surface area contributed by atoms with E-state index >= 15 is 0 Å². The second-order valence-electron chi connectivity index (χ2n) is 10.6. The summed E-state index contributed by atoms with van der Waals surface area (Å²) in [5.41, 5.74) is 1.18. The van der Waals surface area contributed by atoms with E-state index < -0.39 is 13.9 Å². The van der Waals surface area contributed by atoms with Gasteiger partial charge >= 0.3 is 0 Å². The highest BCUT2D eigenvalue weighted by atomic mass is 28.4. The maximum atomic E-state index is 11.3. The van der Waals surface area contributed by atoms with Crippen LogP contribution >= 0.6 is 0 Å². The number of aliphatic hydroxyl groups excluding tert-OH is 1. The minimum atomic E-state index is -2.01. The normalized spacial score (nSPS) is 38.9. The highest BCUT2D eigenvalue weighted by Gasteiger charge is 2.54. The Balaban J connectivity index is 2.61. The van der Waals surface area contributed by atoms with Gasteiger partial charge in [-0.15, -0.1) is 0 Å². The summed E-state index contributed by atoms with van der Waals surface area (Å²) in [5.74, 6) is 1.18. The van der Waals surface area contributed by atoms with Crippen LogP contribution < -0.4 is 0 Å². The topological polar surface area (TPSA) is 49.7 Å². The first-order valence-electron chi connectivity index (χ1n) is 10.1. The summed E-state index contributed by atoms with van der Waals surface area (Å²) in [7, 11) is -2.01. The van der Waals surface area contributed by atoms with Gasteiger partial charge in [-0.3, -0.25) is 0 Å². The third kappa shape index (κ3) is 3.57. The van der Waals surface area contributed by atoms with Crippen molar-refractivity contribution in [2.75, 3.05) is 6.61 Å². The summed E-state index contributed by atoms with van der Waals surface area (Å²) in [6.45, 7) is 22.1. The van der Waals surface area contributed by atoms with Crippen LogP contribution in [0.15, 0.2) is 23.5 Å². The molecule has 0 saturated heterocycles. The number of fused-ring (bicyclic) bond motifs is 2. The minimum Gasteiger partial charge on any atom is -0.546 e. The van der Waals surface area contributed by atoms with Crippen molar-refractivity contribution in [1.82, 2.24) is 0 Å². The third-order valence-corrected chi connectivity index (χ3v) is 11.7. The van der Waals surface area contributed by atoms with Gasteiger partial charge in [0.05, 0.1) is 18.0 Å². The van der Waals surface area contributed by atoms with Crippen LogP contribution in [0.2, 0.25) is 18.1 Å². The van der Waals surface area contributed by atoms with Gasteiger partial charge in [-0.25, -0.2) is 0 Å². The van der Waals surface area contributed by atoms with E-state index in [1.807, 2.05) is 0 Å². The lowest BCUT2D eigenvalue weighted by molar-refractivity contribution is 0.0159.